The van der Waals surface area contributed by atoms with Gasteiger partial charge in [-0.1, -0.05) is 51.3 Å². The number of benzene rings is 2. The number of amides is 1. The van der Waals surface area contributed by atoms with Crippen molar-refractivity contribution in [2.45, 2.75) is 19.8 Å². The minimum Gasteiger partial charge on any atom is -0.492 e. The minimum atomic E-state index is -0.165. The maximum absolute atomic E-state index is 11.8. The number of carbonyl (C=O) groups is 1. The summed E-state index contributed by atoms with van der Waals surface area (Å²) < 4.78 is 6.53. The van der Waals surface area contributed by atoms with Crippen LogP contribution >= 0.6 is 39.1 Å². The summed E-state index contributed by atoms with van der Waals surface area (Å²) in [5, 5.41) is 5.11. The highest BCUT2D eigenvalue weighted by Gasteiger charge is 2.05. The molecular formula is C18H17BrCl2N2O2. The second-order valence-electron chi connectivity index (χ2n) is 5.27. The van der Waals surface area contributed by atoms with Crippen molar-refractivity contribution in [2.75, 3.05) is 6.61 Å². The summed E-state index contributed by atoms with van der Waals surface area (Å²) in [5.41, 5.74) is 4.24. The third-order valence-corrected chi connectivity index (χ3v) is 4.37. The fraction of sp³-hybridized carbons (Fsp3) is 0.222. The monoisotopic (exact) mass is 442 g/mol. The van der Waals surface area contributed by atoms with Crippen LogP contribution in [0.25, 0.3) is 0 Å². The zero-order chi connectivity index (χ0) is 18.2. The number of nitrogens with zero attached hydrogens (tertiary/aromatic N) is 1. The molecule has 0 bridgehead atoms. The van der Waals surface area contributed by atoms with Gasteiger partial charge in [0.1, 0.15) is 5.75 Å². The number of hydrazone groups is 1. The van der Waals surface area contributed by atoms with E-state index in [1.54, 1.807) is 18.2 Å². The Morgan fingerprint density at radius 2 is 1.92 bits per heavy atom. The van der Waals surface area contributed by atoms with Gasteiger partial charge in [-0.25, -0.2) is 5.43 Å². The lowest BCUT2D eigenvalue weighted by Crippen LogP contribution is -2.19. The van der Waals surface area contributed by atoms with E-state index in [0.717, 1.165) is 15.7 Å². The number of hydrogen-bond acceptors (Lipinski definition) is 3. The van der Waals surface area contributed by atoms with E-state index < -0.39 is 0 Å². The smallest absolute Gasteiger partial charge is 0.240 e. The van der Waals surface area contributed by atoms with Crippen LogP contribution in [0.2, 0.25) is 10.0 Å². The topological polar surface area (TPSA) is 50.7 Å². The number of ether oxygens (including phenoxy) is 1. The zero-order valence-corrected chi connectivity index (χ0v) is 16.7. The van der Waals surface area contributed by atoms with Crippen molar-refractivity contribution in [1.82, 2.24) is 5.43 Å². The molecule has 0 saturated heterocycles. The van der Waals surface area contributed by atoms with Crippen LogP contribution in [0.15, 0.2) is 52.0 Å². The Labute approximate surface area is 165 Å². The van der Waals surface area contributed by atoms with Crippen molar-refractivity contribution < 1.29 is 9.53 Å². The molecule has 0 spiro atoms. The SMILES string of the molecule is C/C(=N/NC(=O)CCCOc1ccc(Cl)cc1Cl)c1ccc(Br)cc1. The minimum absolute atomic E-state index is 0.165. The van der Waals surface area contributed by atoms with Gasteiger partial charge in [0.05, 0.1) is 17.3 Å². The molecule has 0 unspecified atom stereocenters. The lowest BCUT2D eigenvalue weighted by atomic mass is 10.1. The Hall–Kier alpha value is -1.56. The van der Waals surface area contributed by atoms with Crippen molar-refractivity contribution in [3.05, 3.63) is 62.5 Å². The summed E-state index contributed by atoms with van der Waals surface area (Å²) >= 11 is 15.2. The maximum atomic E-state index is 11.8. The molecule has 2 aromatic carbocycles. The van der Waals surface area contributed by atoms with E-state index in [0.29, 0.717) is 35.2 Å². The quantitative estimate of drug-likeness (QED) is 0.351. The van der Waals surface area contributed by atoms with E-state index in [1.165, 1.54) is 0 Å². The van der Waals surface area contributed by atoms with Crippen LogP contribution in [0, 0.1) is 0 Å². The molecule has 0 fully saturated rings. The number of hydrogen-bond donors (Lipinski definition) is 1. The lowest BCUT2D eigenvalue weighted by molar-refractivity contribution is -0.121. The maximum Gasteiger partial charge on any atom is 0.240 e. The molecule has 25 heavy (non-hydrogen) atoms. The lowest BCUT2D eigenvalue weighted by Gasteiger charge is -2.08. The van der Waals surface area contributed by atoms with E-state index in [-0.39, 0.29) is 5.91 Å². The first-order chi connectivity index (χ1) is 12.0. The average molecular weight is 444 g/mol. The van der Waals surface area contributed by atoms with E-state index >= 15 is 0 Å². The van der Waals surface area contributed by atoms with Crippen LogP contribution in [0.3, 0.4) is 0 Å². The summed E-state index contributed by atoms with van der Waals surface area (Å²) in [5.74, 6) is 0.387. The molecule has 0 aliphatic heterocycles. The van der Waals surface area contributed by atoms with Gasteiger partial charge in [-0.3, -0.25) is 4.79 Å². The van der Waals surface area contributed by atoms with Crippen molar-refractivity contribution in [3.8, 4) is 5.75 Å². The molecule has 1 N–H and O–H groups in total. The van der Waals surface area contributed by atoms with E-state index in [1.807, 2.05) is 31.2 Å². The van der Waals surface area contributed by atoms with E-state index in [2.05, 4.69) is 26.5 Å². The molecule has 0 radical (unpaired) electrons. The van der Waals surface area contributed by atoms with Crippen LogP contribution in [-0.4, -0.2) is 18.2 Å². The summed E-state index contributed by atoms with van der Waals surface area (Å²) in [6.07, 6.45) is 0.861. The van der Waals surface area contributed by atoms with Gasteiger partial charge in [0.15, 0.2) is 0 Å². The van der Waals surface area contributed by atoms with Crippen molar-refractivity contribution >= 4 is 50.8 Å². The van der Waals surface area contributed by atoms with Gasteiger partial charge in [-0.2, -0.15) is 5.10 Å². The fourth-order valence-electron chi connectivity index (χ4n) is 1.96. The average Bonchev–Trinajstić information content (AvgIpc) is 2.58. The molecular weight excluding hydrogens is 427 g/mol. The first kappa shape index (κ1) is 19.8. The number of halogens is 3. The second kappa shape index (κ2) is 9.80. The normalized spacial score (nSPS) is 11.3. The van der Waals surface area contributed by atoms with Crippen molar-refractivity contribution in [1.29, 1.82) is 0 Å². The predicted molar refractivity (Wildman–Crippen MR) is 106 cm³/mol. The Morgan fingerprint density at radius 1 is 1.20 bits per heavy atom. The Morgan fingerprint density at radius 3 is 2.60 bits per heavy atom. The molecule has 0 atom stereocenters. The fourth-order valence-corrected chi connectivity index (χ4v) is 2.69. The Bertz CT molecular complexity index is 764. The Kier molecular flexibility index (Phi) is 7.75. The molecule has 0 saturated carbocycles. The van der Waals surface area contributed by atoms with Crippen LogP contribution < -0.4 is 10.2 Å². The van der Waals surface area contributed by atoms with Crippen molar-refractivity contribution in [2.24, 2.45) is 5.10 Å². The Balaban J connectivity index is 1.73. The van der Waals surface area contributed by atoms with Crippen LogP contribution in [-0.2, 0) is 4.79 Å². The van der Waals surface area contributed by atoms with Gasteiger partial charge < -0.3 is 4.74 Å². The van der Waals surface area contributed by atoms with Gasteiger partial charge >= 0.3 is 0 Å². The first-order valence-corrected chi connectivity index (χ1v) is 9.17. The van der Waals surface area contributed by atoms with E-state index in [9.17, 15) is 4.79 Å². The standard InChI is InChI=1S/C18H17BrCl2N2O2/c1-12(13-4-6-14(19)7-5-13)22-23-18(24)3-2-10-25-17-9-8-15(20)11-16(17)21/h4-9,11H,2-3,10H2,1H3,(H,23,24)/b22-12-. The van der Waals surface area contributed by atoms with Gasteiger partial charge in [0.2, 0.25) is 5.91 Å². The highest BCUT2D eigenvalue weighted by molar-refractivity contribution is 9.10. The summed E-state index contributed by atoms with van der Waals surface area (Å²) in [7, 11) is 0. The van der Waals surface area contributed by atoms with Crippen LogP contribution in [0.1, 0.15) is 25.3 Å². The highest BCUT2D eigenvalue weighted by Crippen LogP contribution is 2.27. The number of nitrogens with one attached hydrogen (secondary N) is 1. The third kappa shape index (κ3) is 6.69. The summed E-state index contributed by atoms with van der Waals surface area (Å²) in [6, 6.07) is 12.7. The molecule has 0 aliphatic carbocycles. The molecule has 0 aromatic heterocycles. The molecule has 2 rings (SSSR count). The largest absolute Gasteiger partial charge is 0.492 e. The summed E-state index contributed by atoms with van der Waals surface area (Å²) in [6.45, 7) is 2.22. The van der Waals surface area contributed by atoms with Crippen LogP contribution in [0.4, 0.5) is 0 Å². The molecule has 0 aliphatic rings. The molecule has 0 heterocycles. The second-order valence-corrected chi connectivity index (χ2v) is 7.03. The molecule has 2 aromatic rings. The molecule has 7 heteroatoms. The molecule has 1 amide bonds. The number of rotatable bonds is 7. The van der Waals surface area contributed by atoms with Gasteiger partial charge in [-0.15, -0.1) is 0 Å². The van der Waals surface area contributed by atoms with E-state index in [4.69, 9.17) is 27.9 Å². The van der Waals surface area contributed by atoms with Gasteiger partial charge in [0, 0.05) is 15.9 Å². The first-order valence-electron chi connectivity index (χ1n) is 7.62. The third-order valence-electron chi connectivity index (χ3n) is 3.31. The predicted octanol–water partition coefficient (Wildman–Crippen LogP) is 5.46. The molecule has 132 valence electrons. The summed E-state index contributed by atoms with van der Waals surface area (Å²) in [4.78, 5) is 11.8. The van der Waals surface area contributed by atoms with Crippen molar-refractivity contribution in [3.63, 3.8) is 0 Å². The zero-order valence-electron chi connectivity index (χ0n) is 13.6. The number of carbonyl (C=O) groups excluding carboxylic acids is 1. The highest BCUT2D eigenvalue weighted by atomic mass is 79.9. The molecule has 4 nitrogen and oxygen atoms in total. The van der Waals surface area contributed by atoms with Gasteiger partial charge in [0.25, 0.3) is 0 Å². The van der Waals surface area contributed by atoms with Gasteiger partial charge in [-0.05, 0) is 49.2 Å². The van der Waals surface area contributed by atoms with Crippen LogP contribution in [0.5, 0.6) is 5.75 Å².